The SMILES string of the molecule is C=CCN1C(=NCCCOCC)NC2C1C(=O)NC(=O)N2C. The molecule has 22 heavy (non-hydrogen) atoms. The Morgan fingerprint density at radius 1 is 1.45 bits per heavy atom. The van der Waals surface area contributed by atoms with Gasteiger partial charge in [-0.1, -0.05) is 6.08 Å². The lowest BCUT2D eigenvalue weighted by atomic mass is 10.1. The van der Waals surface area contributed by atoms with Crippen molar-refractivity contribution in [1.29, 1.82) is 0 Å². The van der Waals surface area contributed by atoms with Crippen molar-refractivity contribution in [1.82, 2.24) is 20.4 Å². The van der Waals surface area contributed by atoms with Gasteiger partial charge in [-0.15, -0.1) is 6.58 Å². The van der Waals surface area contributed by atoms with Crippen LogP contribution in [0, 0.1) is 0 Å². The molecule has 0 radical (unpaired) electrons. The summed E-state index contributed by atoms with van der Waals surface area (Å²) in [5, 5.41) is 5.51. The molecule has 2 aliphatic rings. The Kier molecular flexibility index (Phi) is 5.37. The summed E-state index contributed by atoms with van der Waals surface area (Å²) in [5.74, 6) is 0.296. The Morgan fingerprint density at radius 2 is 2.23 bits per heavy atom. The number of rotatable bonds is 7. The average molecular weight is 309 g/mol. The molecule has 2 heterocycles. The highest BCUT2D eigenvalue weighted by Crippen LogP contribution is 2.20. The lowest BCUT2D eigenvalue weighted by Crippen LogP contribution is -2.64. The maximum atomic E-state index is 12.1. The molecule has 0 aromatic rings. The molecule has 2 aliphatic heterocycles. The number of fused-ring (bicyclic) bond motifs is 1. The van der Waals surface area contributed by atoms with Gasteiger partial charge < -0.3 is 19.9 Å². The molecule has 122 valence electrons. The molecule has 0 bridgehead atoms. The number of urea groups is 1. The van der Waals surface area contributed by atoms with E-state index >= 15 is 0 Å². The van der Waals surface area contributed by atoms with Crippen LogP contribution in [0.5, 0.6) is 0 Å². The first-order valence-corrected chi connectivity index (χ1v) is 7.44. The van der Waals surface area contributed by atoms with Crippen molar-refractivity contribution in [3.05, 3.63) is 12.7 Å². The highest BCUT2D eigenvalue weighted by atomic mass is 16.5. The first-order chi connectivity index (χ1) is 10.6. The van der Waals surface area contributed by atoms with Gasteiger partial charge in [-0.2, -0.15) is 0 Å². The molecule has 2 rings (SSSR count). The number of likely N-dealkylation sites (N-methyl/N-ethyl adjacent to an activating group) is 1. The number of aliphatic imine (C=N–C) groups is 1. The molecule has 2 atom stereocenters. The summed E-state index contributed by atoms with van der Waals surface area (Å²) >= 11 is 0. The van der Waals surface area contributed by atoms with Crippen molar-refractivity contribution >= 4 is 17.9 Å². The molecule has 2 unspecified atom stereocenters. The Bertz CT molecular complexity index is 479. The summed E-state index contributed by atoms with van der Waals surface area (Å²) in [5.41, 5.74) is 0. The third kappa shape index (κ3) is 3.22. The van der Waals surface area contributed by atoms with Gasteiger partial charge in [0.05, 0.1) is 0 Å². The van der Waals surface area contributed by atoms with Crippen LogP contribution in [-0.4, -0.2) is 73.3 Å². The zero-order valence-electron chi connectivity index (χ0n) is 13.0. The summed E-state index contributed by atoms with van der Waals surface area (Å²) in [4.78, 5) is 31.6. The molecule has 8 heteroatoms. The summed E-state index contributed by atoms with van der Waals surface area (Å²) in [6.45, 7) is 8.08. The van der Waals surface area contributed by atoms with E-state index in [1.54, 1.807) is 13.1 Å². The third-order valence-electron chi connectivity index (χ3n) is 3.66. The Morgan fingerprint density at radius 3 is 2.91 bits per heavy atom. The molecule has 8 nitrogen and oxygen atoms in total. The highest BCUT2D eigenvalue weighted by molar-refractivity contribution is 6.04. The van der Waals surface area contributed by atoms with Crippen LogP contribution < -0.4 is 10.6 Å². The molecular formula is C14H23N5O3. The number of guanidine groups is 1. The second-order valence-corrected chi connectivity index (χ2v) is 5.14. The quantitative estimate of drug-likeness (QED) is 0.500. The maximum absolute atomic E-state index is 12.1. The molecular weight excluding hydrogens is 286 g/mol. The minimum absolute atomic E-state index is 0.318. The molecule has 0 aliphatic carbocycles. The van der Waals surface area contributed by atoms with E-state index in [9.17, 15) is 9.59 Å². The Labute approximate surface area is 130 Å². The molecule has 0 spiro atoms. The van der Waals surface area contributed by atoms with Gasteiger partial charge in [-0.3, -0.25) is 15.1 Å². The highest BCUT2D eigenvalue weighted by Gasteiger charge is 2.49. The van der Waals surface area contributed by atoms with E-state index < -0.39 is 18.2 Å². The largest absolute Gasteiger partial charge is 0.382 e. The fourth-order valence-corrected chi connectivity index (χ4v) is 2.56. The van der Waals surface area contributed by atoms with Gasteiger partial charge >= 0.3 is 6.03 Å². The lowest BCUT2D eigenvalue weighted by Gasteiger charge is -2.35. The molecule has 0 saturated carbocycles. The predicted octanol–water partition coefficient (Wildman–Crippen LogP) is -0.263. The van der Waals surface area contributed by atoms with E-state index in [0.29, 0.717) is 32.3 Å². The number of nitrogens with one attached hydrogen (secondary N) is 2. The minimum atomic E-state index is -0.494. The van der Waals surface area contributed by atoms with E-state index in [0.717, 1.165) is 6.42 Å². The van der Waals surface area contributed by atoms with Crippen LogP contribution in [0.15, 0.2) is 17.6 Å². The predicted molar refractivity (Wildman–Crippen MR) is 82.3 cm³/mol. The minimum Gasteiger partial charge on any atom is -0.382 e. The van der Waals surface area contributed by atoms with Crippen LogP contribution in [0.3, 0.4) is 0 Å². The van der Waals surface area contributed by atoms with E-state index in [1.807, 2.05) is 11.8 Å². The van der Waals surface area contributed by atoms with E-state index in [4.69, 9.17) is 4.74 Å². The summed E-state index contributed by atoms with van der Waals surface area (Å²) in [7, 11) is 1.65. The van der Waals surface area contributed by atoms with Gasteiger partial charge in [0.15, 0.2) is 12.0 Å². The zero-order chi connectivity index (χ0) is 16.1. The van der Waals surface area contributed by atoms with Crippen LogP contribution >= 0.6 is 0 Å². The zero-order valence-corrected chi connectivity index (χ0v) is 13.0. The summed E-state index contributed by atoms with van der Waals surface area (Å²) in [6.07, 6.45) is 2.10. The molecule has 0 aromatic heterocycles. The number of ether oxygens (including phenoxy) is 1. The first-order valence-electron chi connectivity index (χ1n) is 7.44. The van der Waals surface area contributed by atoms with Gasteiger partial charge in [-0.25, -0.2) is 4.79 Å². The van der Waals surface area contributed by atoms with Gasteiger partial charge in [0.1, 0.15) is 6.17 Å². The van der Waals surface area contributed by atoms with Crippen molar-refractivity contribution in [3.8, 4) is 0 Å². The number of hydrogen-bond donors (Lipinski definition) is 2. The van der Waals surface area contributed by atoms with Gasteiger partial charge in [0.2, 0.25) is 0 Å². The lowest BCUT2D eigenvalue weighted by molar-refractivity contribution is -0.126. The van der Waals surface area contributed by atoms with Crippen LogP contribution in [0.4, 0.5) is 4.79 Å². The van der Waals surface area contributed by atoms with Crippen molar-refractivity contribution < 1.29 is 14.3 Å². The summed E-state index contributed by atoms with van der Waals surface area (Å²) in [6, 6.07) is -0.902. The fourth-order valence-electron chi connectivity index (χ4n) is 2.56. The monoisotopic (exact) mass is 309 g/mol. The molecule has 2 fully saturated rings. The number of hydrogen-bond acceptors (Lipinski definition) is 4. The van der Waals surface area contributed by atoms with E-state index in [2.05, 4.69) is 22.2 Å². The molecule has 2 saturated heterocycles. The third-order valence-corrected chi connectivity index (χ3v) is 3.66. The Hall–Kier alpha value is -2.09. The van der Waals surface area contributed by atoms with Gasteiger partial charge in [0, 0.05) is 33.4 Å². The number of carbonyl (C=O) groups excluding carboxylic acids is 2. The fraction of sp³-hybridized carbons (Fsp3) is 0.643. The standard InChI is InChI=1S/C14H23N5O3/c1-4-8-19-10-11(18(3)14(21)17-12(10)20)16-13(19)15-7-6-9-22-5-2/h4,10-11H,1,5-9H2,2-3H3,(H,15,16)(H,17,20,21). The topological polar surface area (TPSA) is 86.3 Å². The van der Waals surface area contributed by atoms with Crippen molar-refractivity contribution in [2.24, 2.45) is 4.99 Å². The van der Waals surface area contributed by atoms with Crippen LogP contribution in [0.1, 0.15) is 13.3 Å². The number of carbonyl (C=O) groups is 2. The normalized spacial score (nSPS) is 26.0. The van der Waals surface area contributed by atoms with Crippen molar-refractivity contribution in [3.63, 3.8) is 0 Å². The Balaban J connectivity index is 2.10. The van der Waals surface area contributed by atoms with Crippen LogP contribution in [0.25, 0.3) is 0 Å². The number of amides is 3. The first kappa shape index (κ1) is 16.3. The van der Waals surface area contributed by atoms with Crippen molar-refractivity contribution in [2.45, 2.75) is 25.6 Å². The maximum Gasteiger partial charge on any atom is 0.325 e. The van der Waals surface area contributed by atoms with Crippen LogP contribution in [-0.2, 0) is 9.53 Å². The van der Waals surface area contributed by atoms with E-state index in [-0.39, 0.29) is 5.91 Å². The number of imide groups is 1. The van der Waals surface area contributed by atoms with Crippen molar-refractivity contribution in [2.75, 3.05) is 33.4 Å². The molecule has 2 N–H and O–H groups in total. The second-order valence-electron chi connectivity index (χ2n) is 5.14. The summed E-state index contributed by atoms with van der Waals surface area (Å²) < 4.78 is 5.28. The number of nitrogens with zero attached hydrogens (tertiary/aromatic N) is 3. The van der Waals surface area contributed by atoms with Crippen LogP contribution in [0.2, 0.25) is 0 Å². The van der Waals surface area contributed by atoms with Gasteiger partial charge in [0.25, 0.3) is 5.91 Å². The van der Waals surface area contributed by atoms with Gasteiger partial charge in [-0.05, 0) is 13.3 Å². The average Bonchev–Trinajstić information content (AvgIpc) is 2.85. The molecule has 0 aromatic carbocycles. The molecule has 3 amide bonds. The van der Waals surface area contributed by atoms with E-state index in [1.165, 1.54) is 4.90 Å². The smallest absolute Gasteiger partial charge is 0.325 e. The second kappa shape index (κ2) is 7.26.